The van der Waals surface area contributed by atoms with Crippen LogP contribution in [0.15, 0.2) is 140 Å². The summed E-state index contributed by atoms with van der Waals surface area (Å²) in [4.78, 5) is 0. The average molecular weight is 577 g/mol. The van der Waals surface area contributed by atoms with Gasteiger partial charge in [-0.3, -0.25) is 0 Å². The lowest BCUT2D eigenvalue weighted by Gasteiger charge is -2.13. The molecule has 0 amide bonds. The number of rotatable bonds is 10. The van der Waals surface area contributed by atoms with E-state index in [-0.39, 0.29) is 0 Å². The molecule has 218 valence electrons. The minimum atomic E-state index is 0.747. The van der Waals surface area contributed by atoms with Gasteiger partial charge in [-0.05, 0) is 138 Å². The van der Waals surface area contributed by atoms with Gasteiger partial charge in [0.25, 0.3) is 0 Å². The summed E-state index contributed by atoms with van der Waals surface area (Å²) in [5.41, 5.74) is 31.1. The third-order valence-corrected chi connectivity index (χ3v) is 7.49. The van der Waals surface area contributed by atoms with Crippen LogP contribution in [0.5, 0.6) is 0 Å². The molecule has 6 rings (SSSR count). The summed E-state index contributed by atoms with van der Waals surface area (Å²) in [6, 6.07) is 47.1. The Balaban J connectivity index is 1.04. The van der Waals surface area contributed by atoms with Crippen molar-refractivity contribution in [2.75, 3.05) is 33.2 Å². The monoisotopic (exact) mass is 576 g/mol. The van der Waals surface area contributed by atoms with Crippen molar-refractivity contribution in [3.05, 3.63) is 162 Å². The van der Waals surface area contributed by atoms with Gasteiger partial charge in [0, 0.05) is 51.2 Å². The van der Waals surface area contributed by atoms with Crippen LogP contribution in [0.1, 0.15) is 22.3 Å². The molecule has 6 heteroatoms. The number of nitrogen functional groups attached to an aromatic ring is 3. The highest BCUT2D eigenvalue weighted by Gasteiger charge is 2.06. The number of nitrogens with one attached hydrogen (secondary N) is 3. The fourth-order valence-corrected chi connectivity index (χ4v) is 5.04. The van der Waals surface area contributed by atoms with E-state index in [1.54, 1.807) is 0 Å². The van der Waals surface area contributed by atoms with Gasteiger partial charge in [0.15, 0.2) is 0 Å². The Bertz CT molecular complexity index is 1810. The maximum absolute atomic E-state index is 6.36. The Morgan fingerprint density at radius 2 is 0.659 bits per heavy atom. The van der Waals surface area contributed by atoms with E-state index in [0.717, 1.165) is 69.6 Å². The van der Waals surface area contributed by atoms with Crippen LogP contribution in [0, 0.1) is 0 Å². The highest BCUT2D eigenvalue weighted by molar-refractivity contribution is 5.66. The Hall–Kier alpha value is -5.88. The molecule has 0 heterocycles. The molecule has 6 nitrogen and oxygen atoms in total. The van der Waals surface area contributed by atoms with Crippen molar-refractivity contribution in [2.45, 2.75) is 12.8 Å². The average Bonchev–Trinajstić information content (AvgIpc) is 3.04. The minimum Gasteiger partial charge on any atom is -0.399 e. The van der Waals surface area contributed by atoms with Crippen molar-refractivity contribution in [3.63, 3.8) is 0 Å². The number of anilines is 9. The molecule has 0 saturated heterocycles. The first-order valence-electron chi connectivity index (χ1n) is 14.6. The van der Waals surface area contributed by atoms with Crippen LogP contribution >= 0.6 is 0 Å². The Labute approximate surface area is 258 Å². The Morgan fingerprint density at radius 3 is 1.07 bits per heavy atom. The number of hydrogen-bond acceptors (Lipinski definition) is 6. The molecule has 0 aliphatic rings. The van der Waals surface area contributed by atoms with Gasteiger partial charge in [-0.1, -0.05) is 36.4 Å². The molecule has 6 aromatic rings. The van der Waals surface area contributed by atoms with E-state index in [1.165, 1.54) is 16.7 Å². The lowest BCUT2D eigenvalue weighted by atomic mass is 10.0. The predicted molar refractivity (Wildman–Crippen MR) is 187 cm³/mol. The summed E-state index contributed by atoms with van der Waals surface area (Å²) >= 11 is 0. The van der Waals surface area contributed by atoms with E-state index < -0.39 is 0 Å². The van der Waals surface area contributed by atoms with Crippen molar-refractivity contribution in [1.82, 2.24) is 0 Å². The molecule has 0 saturated carbocycles. The molecule has 9 N–H and O–H groups in total. The van der Waals surface area contributed by atoms with Gasteiger partial charge in [0.1, 0.15) is 0 Å². The van der Waals surface area contributed by atoms with Crippen molar-refractivity contribution < 1.29 is 0 Å². The Morgan fingerprint density at radius 1 is 0.341 bits per heavy atom. The van der Waals surface area contributed by atoms with Gasteiger partial charge >= 0.3 is 0 Å². The summed E-state index contributed by atoms with van der Waals surface area (Å²) in [6.07, 6.45) is 1.61. The second kappa shape index (κ2) is 13.0. The normalized spacial score (nSPS) is 10.7. The summed E-state index contributed by atoms with van der Waals surface area (Å²) in [6.45, 7) is 0. The molecule has 0 radical (unpaired) electrons. The van der Waals surface area contributed by atoms with Gasteiger partial charge in [-0.2, -0.15) is 0 Å². The third kappa shape index (κ3) is 7.49. The highest BCUT2D eigenvalue weighted by Crippen LogP contribution is 2.26. The number of hydrogen-bond donors (Lipinski definition) is 6. The van der Waals surface area contributed by atoms with E-state index in [0.29, 0.717) is 0 Å². The zero-order valence-electron chi connectivity index (χ0n) is 24.4. The molecule has 6 aromatic carbocycles. The van der Waals surface area contributed by atoms with Crippen LogP contribution in [0.4, 0.5) is 51.2 Å². The quantitative estimate of drug-likeness (QED) is 0.0908. The van der Waals surface area contributed by atoms with Gasteiger partial charge < -0.3 is 33.2 Å². The molecule has 44 heavy (non-hydrogen) atoms. The van der Waals surface area contributed by atoms with Gasteiger partial charge in [-0.25, -0.2) is 0 Å². The van der Waals surface area contributed by atoms with Crippen LogP contribution in [-0.2, 0) is 12.8 Å². The first kappa shape index (κ1) is 28.2. The highest BCUT2D eigenvalue weighted by atomic mass is 14.9. The van der Waals surface area contributed by atoms with Crippen molar-refractivity contribution >= 4 is 51.2 Å². The second-order valence-corrected chi connectivity index (χ2v) is 11.0. The largest absolute Gasteiger partial charge is 0.399 e. The molecular formula is C38H36N6. The number of nitrogens with two attached hydrogens (primary N) is 3. The maximum atomic E-state index is 6.36. The summed E-state index contributed by atoms with van der Waals surface area (Å²) in [5.74, 6) is 0. The van der Waals surface area contributed by atoms with Crippen molar-refractivity contribution in [2.24, 2.45) is 0 Å². The van der Waals surface area contributed by atoms with E-state index in [4.69, 9.17) is 17.2 Å². The molecular weight excluding hydrogens is 540 g/mol. The van der Waals surface area contributed by atoms with E-state index >= 15 is 0 Å². The molecule has 0 fully saturated rings. The molecule has 0 aliphatic carbocycles. The lowest BCUT2D eigenvalue weighted by Crippen LogP contribution is -1.99. The predicted octanol–water partition coefficient (Wildman–Crippen LogP) is 8.85. The summed E-state index contributed by atoms with van der Waals surface area (Å²) in [7, 11) is 0. The molecule has 0 unspecified atom stereocenters. The molecule has 0 aliphatic heterocycles. The summed E-state index contributed by atoms with van der Waals surface area (Å²) in [5, 5.41) is 10.3. The molecule has 0 spiro atoms. The van der Waals surface area contributed by atoms with E-state index in [2.05, 4.69) is 94.8 Å². The van der Waals surface area contributed by atoms with E-state index in [9.17, 15) is 0 Å². The first-order chi connectivity index (χ1) is 21.4. The fraction of sp³-hybridized carbons (Fsp3) is 0.0526. The molecule has 0 bridgehead atoms. The van der Waals surface area contributed by atoms with Gasteiger partial charge in [0.2, 0.25) is 0 Å². The van der Waals surface area contributed by atoms with Gasteiger partial charge in [0.05, 0.1) is 0 Å². The fourth-order valence-electron chi connectivity index (χ4n) is 5.04. The zero-order valence-corrected chi connectivity index (χ0v) is 24.4. The maximum Gasteiger partial charge on any atom is 0.0388 e. The van der Waals surface area contributed by atoms with Crippen LogP contribution in [0.3, 0.4) is 0 Å². The first-order valence-corrected chi connectivity index (χ1v) is 14.6. The SMILES string of the molecule is Nc1ccc(Nc2ccc(Cc3ccc(Nc4ccc(N)c(Cc5ccc(Nc6ccc(N)cc6)cc5)c4)cc3)cc2)cc1. The topological polar surface area (TPSA) is 114 Å². The van der Waals surface area contributed by atoms with Crippen LogP contribution in [-0.4, -0.2) is 0 Å². The number of benzene rings is 6. The minimum absolute atomic E-state index is 0.747. The van der Waals surface area contributed by atoms with Crippen molar-refractivity contribution in [1.29, 1.82) is 0 Å². The molecule has 0 aromatic heterocycles. The van der Waals surface area contributed by atoms with Crippen LogP contribution in [0.2, 0.25) is 0 Å². The summed E-state index contributed by atoms with van der Waals surface area (Å²) < 4.78 is 0. The molecule has 0 atom stereocenters. The standard InChI is InChI=1S/C38H36N6/c39-30-7-17-35(18-8-30)42-32-11-1-26(2-12-32)23-27-3-13-34(14-4-27)44-37-21-22-38(41)29(25-37)24-28-5-15-33(16-6-28)43-36-19-9-31(40)10-20-36/h1-22,25,42-44H,23-24,39-41H2. The smallest absolute Gasteiger partial charge is 0.0388 e. The second-order valence-electron chi connectivity index (χ2n) is 11.0. The van der Waals surface area contributed by atoms with Crippen LogP contribution in [0.25, 0.3) is 0 Å². The lowest BCUT2D eigenvalue weighted by molar-refractivity contribution is 1.19. The Kier molecular flexibility index (Phi) is 8.32. The van der Waals surface area contributed by atoms with E-state index in [1.807, 2.05) is 60.7 Å². The van der Waals surface area contributed by atoms with Crippen molar-refractivity contribution in [3.8, 4) is 0 Å². The third-order valence-electron chi connectivity index (χ3n) is 7.49. The van der Waals surface area contributed by atoms with Crippen LogP contribution < -0.4 is 33.2 Å². The van der Waals surface area contributed by atoms with Gasteiger partial charge in [-0.15, -0.1) is 0 Å². The zero-order chi connectivity index (χ0) is 30.3.